The van der Waals surface area contributed by atoms with Crippen LogP contribution in [-0.2, 0) is 22.4 Å². The molecule has 4 heterocycles. The number of aryl methyl sites for hydroxylation is 1. The molecule has 0 aliphatic carbocycles. The number of nitrogens with zero attached hydrogens (tertiary/aromatic N) is 2. The van der Waals surface area contributed by atoms with Gasteiger partial charge in [0.2, 0.25) is 5.91 Å². The van der Waals surface area contributed by atoms with Crippen molar-refractivity contribution >= 4 is 5.91 Å². The number of rotatable bonds is 4. The number of amides is 1. The van der Waals surface area contributed by atoms with Crippen molar-refractivity contribution in [1.29, 1.82) is 0 Å². The van der Waals surface area contributed by atoms with Crippen molar-refractivity contribution in [2.24, 2.45) is 0 Å². The van der Waals surface area contributed by atoms with E-state index >= 15 is 0 Å². The third-order valence-corrected chi connectivity index (χ3v) is 6.09. The zero-order chi connectivity index (χ0) is 20.6. The van der Waals surface area contributed by atoms with E-state index in [1.165, 1.54) is 17.8 Å². The Kier molecular flexibility index (Phi) is 5.06. The summed E-state index contributed by atoms with van der Waals surface area (Å²) in [4.78, 5) is 18.6. The molecule has 30 heavy (non-hydrogen) atoms. The van der Waals surface area contributed by atoms with E-state index in [-0.39, 0.29) is 17.9 Å². The maximum atomic E-state index is 13.8. The fourth-order valence-corrected chi connectivity index (χ4v) is 4.56. The highest BCUT2D eigenvalue weighted by Crippen LogP contribution is 2.36. The van der Waals surface area contributed by atoms with Gasteiger partial charge in [-0.15, -0.1) is 0 Å². The summed E-state index contributed by atoms with van der Waals surface area (Å²) in [7, 11) is 0. The second-order valence-corrected chi connectivity index (χ2v) is 8.38. The first-order chi connectivity index (χ1) is 14.6. The van der Waals surface area contributed by atoms with Gasteiger partial charge in [0, 0.05) is 19.0 Å². The van der Waals surface area contributed by atoms with Crippen LogP contribution in [0.4, 0.5) is 4.39 Å². The number of hydrogen-bond donors (Lipinski definition) is 0. The molecule has 0 radical (unpaired) electrons. The second-order valence-electron chi connectivity index (χ2n) is 8.38. The van der Waals surface area contributed by atoms with Crippen LogP contribution in [0.15, 0.2) is 36.5 Å². The Hall–Kier alpha value is -2.67. The van der Waals surface area contributed by atoms with Crippen molar-refractivity contribution in [2.75, 3.05) is 26.3 Å². The number of hydrogen-bond acceptors (Lipinski definition) is 5. The van der Waals surface area contributed by atoms with E-state index in [4.69, 9.17) is 14.2 Å². The highest BCUT2D eigenvalue weighted by atomic mass is 19.1. The lowest BCUT2D eigenvalue weighted by Gasteiger charge is -2.52. The molecule has 1 aromatic heterocycles. The van der Waals surface area contributed by atoms with Gasteiger partial charge < -0.3 is 19.1 Å². The summed E-state index contributed by atoms with van der Waals surface area (Å²) >= 11 is 0. The monoisotopic (exact) mass is 412 g/mol. The first-order valence-corrected chi connectivity index (χ1v) is 10.5. The zero-order valence-electron chi connectivity index (χ0n) is 16.8. The van der Waals surface area contributed by atoms with Crippen molar-refractivity contribution in [1.82, 2.24) is 9.88 Å². The van der Waals surface area contributed by atoms with Crippen molar-refractivity contribution in [3.8, 4) is 11.6 Å². The molecule has 2 saturated heterocycles. The Morgan fingerprint density at radius 1 is 1.30 bits per heavy atom. The molecule has 7 heteroatoms. The van der Waals surface area contributed by atoms with Crippen LogP contribution < -0.4 is 9.47 Å². The average molecular weight is 412 g/mol. The minimum Gasteiger partial charge on any atom is -0.493 e. The molecule has 3 aliphatic rings. The van der Waals surface area contributed by atoms with Crippen LogP contribution in [0.3, 0.4) is 0 Å². The van der Waals surface area contributed by atoms with E-state index in [1.54, 1.807) is 6.07 Å². The number of likely N-dealkylation sites (tertiary alicyclic amines) is 1. The lowest BCUT2D eigenvalue weighted by Crippen LogP contribution is -2.67. The highest BCUT2D eigenvalue weighted by molar-refractivity contribution is 5.80. The Labute approximate surface area is 174 Å². The van der Waals surface area contributed by atoms with E-state index in [2.05, 4.69) is 11.1 Å². The molecule has 1 aromatic carbocycles. The number of benzene rings is 1. The Morgan fingerprint density at radius 2 is 2.20 bits per heavy atom. The van der Waals surface area contributed by atoms with Gasteiger partial charge in [-0.1, -0.05) is 12.1 Å². The van der Waals surface area contributed by atoms with Crippen molar-refractivity contribution in [3.05, 3.63) is 53.5 Å². The van der Waals surface area contributed by atoms with Gasteiger partial charge in [0.05, 0.1) is 32.7 Å². The predicted molar refractivity (Wildman–Crippen MR) is 107 cm³/mol. The molecule has 1 amide bonds. The predicted octanol–water partition coefficient (Wildman–Crippen LogP) is 2.93. The van der Waals surface area contributed by atoms with Gasteiger partial charge in [0.1, 0.15) is 17.5 Å². The number of halogens is 1. The van der Waals surface area contributed by atoms with E-state index in [9.17, 15) is 9.18 Å². The smallest absolute Gasteiger partial charge is 0.250 e. The average Bonchev–Trinajstić information content (AvgIpc) is 2.74. The lowest BCUT2D eigenvalue weighted by atomic mass is 9.84. The highest BCUT2D eigenvalue weighted by Gasteiger charge is 2.49. The summed E-state index contributed by atoms with van der Waals surface area (Å²) in [5, 5.41) is 0. The molecule has 2 aromatic rings. The summed E-state index contributed by atoms with van der Waals surface area (Å²) in [6, 6.07) is 8.91. The van der Waals surface area contributed by atoms with Gasteiger partial charge in [0.25, 0.3) is 5.88 Å². The lowest BCUT2D eigenvalue weighted by molar-refractivity contribution is -0.193. The normalized spacial score (nSPS) is 22.0. The SMILES string of the molecule is O=C(Cc1ccc2c(c1)CCCO2)N1CC2(C[C@@H](Oc3ncccc3F)CCO2)C1. The number of fused-ring (bicyclic) bond motifs is 1. The van der Waals surface area contributed by atoms with Crippen LogP contribution in [0.25, 0.3) is 0 Å². The Balaban J connectivity index is 1.17. The first kappa shape index (κ1) is 19.3. The van der Waals surface area contributed by atoms with Crippen molar-refractivity contribution in [3.63, 3.8) is 0 Å². The van der Waals surface area contributed by atoms with Crippen LogP contribution in [0, 0.1) is 5.82 Å². The van der Waals surface area contributed by atoms with Gasteiger partial charge in [-0.25, -0.2) is 9.37 Å². The van der Waals surface area contributed by atoms with Crippen molar-refractivity contribution in [2.45, 2.75) is 43.8 Å². The summed E-state index contributed by atoms with van der Waals surface area (Å²) < 4.78 is 31.3. The standard InChI is InChI=1S/C23H25FN2O4/c24-19-4-1-8-25-22(19)30-18-7-10-29-23(13-18)14-26(15-23)21(27)12-16-5-6-20-17(11-16)3-2-9-28-20/h1,4-6,8,11,18H,2-3,7,9-10,12-15H2/t18-/m0/s1. The van der Waals surface area contributed by atoms with Crippen molar-refractivity contribution < 1.29 is 23.4 Å². The number of aromatic nitrogens is 1. The number of carbonyl (C=O) groups is 1. The summed E-state index contributed by atoms with van der Waals surface area (Å²) in [6.45, 7) is 2.39. The summed E-state index contributed by atoms with van der Waals surface area (Å²) in [5.74, 6) is 0.605. The molecule has 1 atom stereocenters. The third-order valence-electron chi connectivity index (χ3n) is 6.09. The molecular formula is C23H25FN2O4. The molecule has 3 aliphatic heterocycles. The molecule has 0 N–H and O–H groups in total. The van der Waals surface area contributed by atoms with E-state index in [0.29, 0.717) is 39.0 Å². The van der Waals surface area contributed by atoms with Crippen LogP contribution in [0.2, 0.25) is 0 Å². The quantitative estimate of drug-likeness (QED) is 0.773. The maximum absolute atomic E-state index is 13.8. The molecule has 6 nitrogen and oxygen atoms in total. The fourth-order valence-electron chi connectivity index (χ4n) is 4.56. The van der Waals surface area contributed by atoms with Gasteiger partial charge in [-0.2, -0.15) is 0 Å². The van der Waals surface area contributed by atoms with Gasteiger partial charge in [-0.3, -0.25) is 4.79 Å². The molecule has 158 valence electrons. The molecule has 0 bridgehead atoms. The molecule has 2 fully saturated rings. The topological polar surface area (TPSA) is 60.9 Å². The van der Waals surface area contributed by atoms with Gasteiger partial charge in [0.15, 0.2) is 5.82 Å². The fraction of sp³-hybridized carbons (Fsp3) is 0.478. The Bertz CT molecular complexity index is 945. The van der Waals surface area contributed by atoms with E-state index < -0.39 is 11.4 Å². The Morgan fingerprint density at radius 3 is 3.07 bits per heavy atom. The van der Waals surface area contributed by atoms with Gasteiger partial charge in [-0.05, 0) is 42.2 Å². The van der Waals surface area contributed by atoms with Crippen LogP contribution in [-0.4, -0.2) is 53.8 Å². The maximum Gasteiger partial charge on any atom is 0.250 e. The van der Waals surface area contributed by atoms with Crippen LogP contribution in [0.5, 0.6) is 11.6 Å². The second kappa shape index (κ2) is 7.87. The molecular weight excluding hydrogens is 387 g/mol. The minimum absolute atomic E-state index is 0.0307. The largest absolute Gasteiger partial charge is 0.493 e. The molecule has 0 saturated carbocycles. The van der Waals surface area contributed by atoms with Gasteiger partial charge >= 0.3 is 0 Å². The van der Waals surface area contributed by atoms with E-state index in [0.717, 1.165) is 30.8 Å². The number of carbonyl (C=O) groups excluding carboxylic acids is 1. The number of ether oxygens (including phenoxy) is 3. The summed E-state index contributed by atoms with van der Waals surface area (Å²) in [6.07, 6.45) is 5.05. The zero-order valence-corrected chi connectivity index (χ0v) is 16.8. The third kappa shape index (κ3) is 3.86. The molecule has 1 spiro atoms. The molecule has 0 unspecified atom stereocenters. The first-order valence-electron chi connectivity index (χ1n) is 10.5. The van der Waals surface area contributed by atoms with Crippen LogP contribution >= 0.6 is 0 Å². The number of pyridine rings is 1. The minimum atomic E-state index is -0.459. The summed E-state index contributed by atoms with van der Waals surface area (Å²) in [5.41, 5.74) is 1.80. The molecule has 5 rings (SSSR count). The van der Waals surface area contributed by atoms with E-state index in [1.807, 2.05) is 17.0 Å². The van der Waals surface area contributed by atoms with Crippen LogP contribution in [0.1, 0.15) is 30.4 Å².